The van der Waals surface area contributed by atoms with Gasteiger partial charge in [-0.3, -0.25) is 14.9 Å². The highest BCUT2D eigenvalue weighted by atomic mass is 32.2. The second kappa shape index (κ2) is 7.25. The molecule has 1 atom stereocenters. The number of benzene rings is 1. The molecule has 2 aromatic rings. The van der Waals surface area contributed by atoms with Gasteiger partial charge in [0.05, 0.1) is 6.17 Å². The van der Waals surface area contributed by atoms with Gasteiger partial charge in [0, 0.05) is 29.5 Å². The lowest BCUT2D eigenvalue weighted by atomic mass is 9.79. The van der Waals surface area contributed by atoms with Crippen LogP contribution >= 0.6 is 11.8 Å². The number of aromatic nitrogens is 1. The van der Waals surface area contributed by atoms with E-state index in [1.54, 1.807) is 6.07 Å². The predicted molar refractivity (Wildman–Crippen MR) is 97.2 cm³/mol. The average molecular weight is 371 g/mol. The van der Waals surface area contributed by atoms with Crippen LogP contribution in [0.25, 0.3) is 0 Å². The molecule has 2 N–H and O–H groups in total. The second-order valence-electron chi connectivity index (χ2n) is 6.94. The molecule has 1 aromatic heterocycles. The van der Waals surface area contributed by atoms with Crippen LogP contribution in [0.3, 0.4) is 0 Å². The Kier molecular flexibility index (Phi) is 4.82. The summed E-state index contributed by atoms with van der Waals surface area (Å²) in [6.45, 7) is 1.44. The Morgan fingerprint density at radius 2 is 1.92 bits per heavy atom. The fraction of sp³-hybridized carbons (Fsp3) is 0.421. The van der Waals surface area contributed by atoms with E-state index in [2.05, 4.69) is 15.8 Å². The first-order chi connectivity index (χ1) is 12.6. The molecule has 1 aliphatic carbocycles. The van der Waals surface area contributed by atoms with Gasteiger partial charge in [-0.2, -0.15) is 0 Å². The molecular formula is C19H21N3O3S. The molecule has 3 fully saturated rings. The number of carbonyl (C=O) groups excluding carboxylic acids is 2. The third-order valence-corrected chi connectivity index (χ3v) is 6.03. The van der Waals surface area contributed by atoms with E-state index < -0.39 is 0 Å². The molecule has 1 saturated carbocycles. The molecular weight excluding hydrogens is 350 g/mol. The van der Waals surface area contributed by atoms with Crippen molar-refractivity contribution < 1.29 is 14.1 Å². The Morgan fingerprint density at radius 3 is 2.50 bits per heavy atom. The average Bonchev–Trinajstić information content (AvgIpc) is 3.12. The van der Waals surface area contributed by atoms with E-state index >= 15 is 0 Å². The lowest BCUT2D eigenvalue weighted by molar-refractivity contribution is 0.0802. The monoisotopic (exact) mass is 371 g/mol. The predicted octanol–water partition coefficient (Wildman–Crippen LogP) is 3.25. The van der Waals surface area contributed by atoms with Crippen molar-refractivity contribution in [2.24, 2.45) is 5.92 Å². The molecule has 0 spiro atoms. The summed E-state index contributed by atoms with van der Waals surface area (Å²) in [6.07, 6.45) is 4.91. The molecule has 6 nitrogen and oxygen atoms in total. The van der Waals surface area contributed by atoms with Crippen molar-refractivity contribution in [3.63, 3.8) is 0 Å². The van der Waals surface area contributed by atoms with Gasteiger partial charge in [0.25, 0.3) is 5.91 Å². The van der Waals surface area contributed by atoms with Crippen molar-refractivity contribution in [1.82, 2.24) is 15.8 Å². The number of rotatable bonds is 5. The van der Waals surface area contributed by atoms with E-state index in [-0.39, 0.29) is 23.6 Å². The van der Waals surface area contributed by atoms with E-state index in [4.69, 9.17) is 4.52 Å². The molecule has 3 heterocycles. The fourth-order valence-corrected chi connectivity index (χ4v) is 4.42. The zero-order valence-electron chi connectivity index (χ0n) is 14.5. The molecule has 5 rings (SSSR count). The van der Waals surface area contributed by atoms with E-state index in [0.29, 0.717) is 22.5 Å². The standard InChI is InChI=1S/C19H21N3O3S/c1-11(23)16-10-17(22-25-16)26-15-8-4-13(5-9-15)19(24)21-18-12-2-6-14(20-18)7-3-12/h4-5,8-10,12,14,18,20H,2-3,6-7H2,1H3,(H,21,24)/t12?,14?,18-/m1/s1. The topological polar surface area (TPSA) is 84.2 Å². The summed E-state index contributed by atoms with van der Waals surface area (Å²) in [6, 6.07) is 9.54. The molecule has 26 heavy (non-hydrogen) atoms. The fourth-order valence-electron chi connectivity index (χ4n) is 3.66. The minimum atomic E-state index is -0.151. The van der Waals surface area contributed by atoms with Gasteiger partial charge < -0.3 is 9.84 Å². The lowest BCUT2D eigenvalue weighted by Gasteiger charge is -2.43. The van der Waals surface area contributed by atoms with Crippen LogP contribution in [-0.2, 0) is 0 Å². The highest BCUT2D eigenvalue weighted by Gasteiger charge is 2.35. The SMILES string of the molecule is CC(=O)c1cc(Sc2ccc(C(=O)N[C@H]3NC4CCC3CC4)cc2)no1. The first-order valence-corrected chi connectivity index (χ1v) is 9.72. The first kappa shape index (κ1) is 17.3. The first-order valence-electron chi connectivity index (χ1n) is 8.91. The van der Waals surface area contributed by atoms with Gasteiger partial charge in [0.15, 0.2) is 5.78 Å². The van der Waals surface area contributed by atoms with Gasteiger partial charge in [-0.25, -0.2) is 0 Å². The molecule has 0 unspecified atom stereocenters. The minimum absolute atomic E-state index is 0.0492. The van der Waals surface area contributed by atoms with E-state index in [1.807, 2.05) is 24.3 Å². The number of fused-ring (bicyclic) bond motifs is 3. The molecule has 2 aliphatic heterocycles. The maximum atomic E-state index is 12.5. The molecule has 7 heteroatoms. The third kappa shape index (κ3) is 3.68. The molecule has 1 aromatic carbocycles. The van der Waals surface area contributed by atoms with Crippen molar-refractivity contribution in [2.45, 2.75) is 54.7 Å². The highest BCUT2D eigenvalue weighted by Crippen LogP contribution is 2.32. The number of nitrogens with zero attached hydrogens (tertiary/aromatic N) is 1. The van der Waals surface area contributed by atoms with Crippen LogP contribution in [0.15, 0.2) is 44.8 Å². The Hall–Kier alpha value is -2.12. The van der Waals surface area contributed by atoms with Crippen molar-refractivity contribution in [1.29, 1.82) is 0 Å². The molecule has 1 amide bonds. The van der Waals surface area contributed by atoms with Gasteiger partial charge in [-0.1, -0.05) is 16.9 Å². The van der Waals surface area contributed by atoms with Crippen LogP contribution in [-0.4, -0.2) is 29.1 Å². The third-order valence-electron chi connectivity index (χ3n) is 5.12. The number of Topliss-reactive ketones (excluding diaryl/α,β-unsaturated/α-hetero) is 1. The van der Waals surface area contributed by atoms with Crippen LogP contribution in [0, 0.1) is 5.92 Å². The summed E-state index contributed by atoms with van der Waals surface area (Å²) < 4.78 is 4.98. The number of amides is 1. The molecule has 2 bridgehead atoms. The van der Waals surface area contributed by atoms with Crippen LogP contribution in [0.1, 0.15) is 53.5 Å². The normalized spacial score (nSPS) is 24.4. The minimum Gasteiger partial charge on any atom is -0.352 e. The number of hydrogen-bond donors (Lipinski definition) is 2. The van der Waals surface area contributed by atoms with Crippen molar-refractivity contribution in [3.05, 3.63) is 41.7 Å². The number of piperidine rings is 2. The van der Waals surface area contributed by atoms with Crippen molar-refractivity contribution >= 4 is 23.5 Å². The summed E-state index contributed by atoms with van der Waals surface area (Å²) in [4.78, 5) is 24.7. The lowest BCUT2D eigenvalue weighted by Crippen LogP contribution is -2.59. The van der Waals surface area contributed by atoms with Crippen molar-refractivity contribution in [3.8, 4) is 0 Å². The summed E-state index contributed by atoms with van der Waals surface area (Å²) in [5.41, 5.74) is 0.641. The molecule has 3 aliphatic rings. The van der Waals surface area contributed by atoms with Crippen LogP contribution in [0.2, 0.25) is 0 Å². The summed E-state index contributed by atoms with van der Waals surface area (Å²) >= 11 is 1.39. The van der Waals surface area contributed by atoms with Gasteiger partial charge in [0.1, 0.15) is 5.03 Å². The van der Waals surface area contributed by atoms with Crippen LogP contribution in [0.5, 0.6) is 0 Å². The van der Waals surface area contributed by atoms with E-state index in [0.717, 1.165) is 4.90 Å². The Balaban J connectivity index is 1.37. The Morgan fingerprint density at radius 1 is 1.19 bits per heavy atom. The van der Waals surface area contributed by atoms with E-state index in [9.17, 15) is 9.59 Å². The zero-order chi connectivity index (χ0) is 18.1. The molecule has 136 valence electrons. The largest absolute Gasteiger partial charge is 0.352 e. The van der Waals surface area contributed by atoms with Gasteiger partial charge in [-0.15, -0.1) is 0 Å². The summed E-state index contributed by atoms with van der Waals surface area (Å²) in [5.74, 6) is 0.590. The number of nitrogens with one attached hydrogen (secondary N) is 2. The number of ketones is 1. The maximum Gasteiger partial charge on any atom is 0.252 e. The number of hydrogen-bond acceptors (Lipinski definition) is 6. The molecule has 2 saturated heterocycles. The summed E-state index contributed by atoms with van der Waals surface area (Å²) in [5, 5.41) is 11.1. The van der Waals surface area contributed by atoms with Gasteiger partial charge >= 0.3 is 0 Å². The second-order valence-corrected chi connectivity index (χ2v) is 8.04. The van der Waals surface area contributed by atoms with Gasteiger partial charge in [-0.05, 0) is 55.9 Å². The smallest absolute Gasteiger partial charge is 0.252 e. The van der Waals surface area contributed by atoms with Crippen LogP contribution < -0.4 is 10.6 Å². The zero-order valence-corrected chi connectivity index (χ0v) is 15.3. The van der Waals surface area contributed by atoms with Crippen molar-refractivity contribution in [2.75, 3.05) is 0 Å². The Bertz CT molecular complexity index is 810. The summed E-state index contributed by atoms with van der Waals surface area (Å²) in [7, 11) is 0. The Labute approximate surface area is 156 Å². The highest BCUT2D eigenvalue weighted by molar-refractivity contribution is 7.99. The quantitative estimate of drug-likeness (QED) is 0.785. The molecule has 0 radical (unpaired) electrons. The van der Waals surface area contributed by atoms with Crippen LogP contribution in [0.4, 0.5) is 0 Å². The maximum absolute atomic E-state index is 12.5. The van der Waals surface area contributed by atoms with E-state index in [1.165, 1.54) is 44.4 Å². The number of carbonyl (C=O) groups is 2. The van der Waals surface area contributed by atoms with Gasteiger partial charge in [0.2, 0.25) is 5.76 Å².